The molecule has 6 nitrogen and oxygen atoms in total. The predicted molar refractivity (Wildman–Crippen MR) is 81.6 cm³/mol. The first-order chi connectivity index (χ1) is 10.1. The molecule has 0 heterocycles. The van der Waals surface area contributed by atoms with Gasteiger partial charge in [0.2, 0.25) is 0 Å². The molecule has 0 radical (unpaired) electrons. The zero-order chi connectivity index (χ0) is 15.7. The molecule has 6 heteroatoms. The van der Waals surface area contributed by atoms with Crippen LogP contribution in [0.2, 0.25) is 0 Å². The Bertz CT molecular complexity index is 489. The number of carbonyl (C=O) groups is 1. The first-order valence-corrected chi connectivity index (χ1v) is 7.11. The second kappa shape index (κ2) is 8.84. The van der Waals surface area contributed by atoms with Crippen molar-refractivity contribution in [2.45, 2.75) is 26.7 Å². The number of hydrogen-bond donors (Lipinski definition) is 2. The maximum atomic E-state index is 12.1. The lowest BCUT2D eigenvalue weighted by atomic mass is 10.2. The number of carbonyl (C=O) groups excluding carboxylic acids is 1. The summed E-state index contributed by atoms with van der Waals surface area (Å²) in [7, 11) is 0. The summed E-state index contributed by atoms with van der Waals surface area (Å²) in [6.07, 6.45) is 2.01. The number of oxime groups is 1. The van der Waals surface area contributed by atoms with Crippen LogP contribution in [0.5, 0.6) is 5.75 Å². The van der Waals surface area contributed by atoms with Gasteiger partial charge in [-0.25, -0.2) is 0 Å². The Morgan fingerprint density at radius 2 is 2.10 bits per heavy atom. The van der Waals surface area contributed by atoms with Gasteiger partial charge in [-0.2, -0.15) is 0 Å². The fourth-order valence-corrected chi connectivity index (χ4v) is 1.90. The van der Waals surface area contributed by atoms with Gasteiger partial charge in [0, 0.05) is 13.1 Å². The molecule has 0 saturated heterocycles. The maximum Gasteiger partial charge on any atom is 0.260 e. The smallest absolute Gasteiger partial charge is 0.260 e. The summed E-state index contributed by atoms with van der Waals surface area (Å²) in [6, 6.07) is 6.87. The highest BCUT2D eigenvalue weighted by atomic mass is 16.5. The second-order valence-electron chi connectivity index (χ2n) is 4.60. The first-order valence-electron chi connectivity index (χ1n) is 7.11. The van der Waals surface area contributed by atoms with E-state index < -0.39 is 0 Å². The third kappa shape index (κ3) is 4.98. The van der Waals surface area contributed by atoms with Gasteiger partial charge in [0.1, 0.15) is 5.75 Å². The van der Waals surface area contributed by atoms with Crippen molar-refractivity contribution in [2.24, 2.45) is 10.9 Å². The number of amidine groups is 1. The molecule has 0 aliphatic heterocycles. The summed E-state index contributed by atoms with van der Waals surface area (Å²) in [5.41, 5.74) is 6.04. The zero-order valence-corrected chi connectivity index (χ0v) is 12.6. The third-order valence-electron chi connectivity index (χ3n) is 3.14. The Balaban J connectivity index is 2.68. The number of amides is 1. The minimum atomic E-state index is -0.0692. The van der Waals surface area contributed by atoms with Gasteiger partial charge in [0.05, 0.1) is 5.56 Å². The number of likely N-dealkylation sites (N-methyl/N-ethyl adjacent to an activating group) is 1. The molecule has 1 aromatic rings. The molecule has 0 fully saturated rings. The van der Waals surface area contributed by atoms with Gasteiger partial charge in [0.25, 0.3) is 5.91 Å². The van der Waals surface area contributed by atoms with E-state index in [4.69, 9.17) is 15.7 Å². The number of nitrogens with zero attached hydrogens (tertiary/aromatic N) is 2. The van der Waals surface area contributed by atoms with Crippen molar-refractivity contribution in [1.82, 2.24) is 4.90 Å². The Morgan fingerprint density at radius 1 is 1.38 bits per heavy atom. The molecule has 0 atom stereocenters. The number of hydrogen-bond acceptors (Lipinski definition) is 4. The molecule has 1 amide bonds. The van der Waals surface area contributed by atoms with E-state index in [0.717, 1.165) is 19.4 Å². The van der Waals surface area contributed by atoms with E-state index in [9.17, 15) is 4.79 Å². The minimum Gasteiger partial charge on any atom is -0.483 e. The van der Waals surface area contributed by atoms with Gasteiger partial charge in [-0.15, -0.1) is 0 Å². The van der Waals surface area contributed by atoms with E-state index in [0.29, 0.717) is 17.9 Å². The van der Waals surface area contributed by atoms with E-state index in [-0.39, 0.29) is 18.3 Å². The van der Waals surface area contributed by atoms with Crippen molar-refractivity contribution in [2.75, 3.05) is 19.7 Å². The van der Waals surface area contributed by atoms with Crippen LogP contribution in [-0.4, -0.2) is 41.5 Å². The average molecular weight is 293 g/mol. The topological polar surface area (TPSA) is 88.2 Å². The van der Waals surface area contributed by atoms with Crippen molar-refractivity contribution >= 4 is 11.7 Å². The third-order valence-corrected chi connectivity index (χ3v) is 3.14. The van der Waals surface area contributed by atoms with Crippen LogP contribution < -0.4 is 10.5 Å². The van der Waals surface area contributed by atoms with Crippen LogP contribution in [0.3, 0.4) is 0 Å². The molecule has 0 spiro atoms. The van der Waals surface area contributed by atoms with Crippen LogP contribution in [0.15, 0.2) is 29.4 Å². The summed E-state index contributed by atoms with van der Waals surface area (Å²) in [4.78, 5) is 13.9. The summed E-state index contributed by atoms with van der Waals surface area (Å²) in [6.45, 7) is 5.36. The Hall–Kier alpha value is -2.24. The van der Waals surface area contributed by atoms with Crippen molar-refractivity contribution in [3.8, 4) is 5.75 Å². The van der Waals surface area contributed by atoms with E-state index in [1.54, 1.807) is 29.2 Å². The van der Waals surface area contributed by atoms with Gasteiger partial charge < -0.3 is 20.6 Å². The molecule has 1 aromatic carbocycles. The average Bonchev–Trinajstić information content (AvgIpc) is 2.53. The standard InChI is InChI=1S/C15H23N3O3/c1-3-5-10-18(4-2)14(19)11-21-13-9-7-6-8-12(13)15(16)17-20/h6-9,20H,3-5,10-11H2,1-2H3,(H2,16,17). The summed E-state index contributed by atoms with van der Waals surface area (Å²) in [5.74, 6) is 0.310. The van der Waals surface area contributed by atoms with Gasteiger partial charge in [-0.1, -0.05) is 30.6 Å². The van der Waals surface area contributed by atoms with E-state index in [1.807, 2.05) is 6.92 Å². The van der Waals surface area contributed by atoms with E-state index in [2.05, 4.69) is 12.1 Å². The van der Waals surface area contributed by atoms with E-state index in [1.165, 1.54) is 0 Å². The van der Waals surface area contributed by atoms with Crippen molar-refractivity contribution in [3.05, 3.63) is 29.8 Å². The van der Waals surface area contributed by atoms with Gasteiger partial charge in [-0.05, 0) is 25.5 Å². The second-order valence-corrected chi connectivity index (χ2v) is 4.60. The first kappa shape index (κ1) is 16.8. The van der Waals surface area contributed by atoms with Crippen LogP contribution in [-0.2, 0) is 4.79 Å². The van der Waals surface area contributed by atoms with E-state index >= 15 is 0 Å². The lowest BCUT2D eigenvalue weighted by molar-refractivity contribution is -0.133. The fraction of sp³-hybridized carbons (Fsp3) is 0.467. The molecular weight excluding hydrogens is 270 g/mol. The van der Waals surface area contributed by atoms with Crippen molar-refractivity contribution < 1.29 is 14.7 Å². The number of nitrogens with two attached hydrogens (primary N) is 1. The fourth-order valence-electron chi connectivity index (χ4n) is 1.90. The molecule has 116 valence electrons. The summed E-state index contributed by atoms with van der Waals surface area (Å²) < 4.78 is 5.52. The Morgan fingerprint density at radius 3 is 2.71 bits per heavy atom. The molecule has 0 bridgehead atoms. The monoisotopic (exact) mass is 293 g/mol. The highest BCUT2D eigenvalue weighted by Gasteiger charge is 2.14. The lowest BCUT2D eigenvalue weighted by Gasteiger charge is -2.21. The molecule has 1 rings (SSSR count). The van der Waals surface area contributed by atoms with Crippen LogP contribution in [0, 0.1) is 0 Å². The highest BCUT2D eigenvalue weighted by molar-refractivity contribution is 5.99. The molecule has 21 heavy (non-hydrogen) atoms. The van der Waals surface area contributed by atoms with Crippen LogP contribution in [0.1, 0.15) is 32.3 Å². The van der Waals surface area contributed by atoms with Crippen molar-refractivity contribution in [1.29, 1.82) is 0 Å². The number of rotatable bonds is 8. The molecule has 0 aliphatic carbocycles. The van der Waals surface area contributed by atoms with Crippen LogP contribution in [0.4, 0.5) is 0 Å². The molecule has 0 saturated carbocycles. The number of para-hydroxylation sites is 1. The quantitative estimate of drug-likeness (QED) is 0.331. The molecule has 3 N–H and O–H groups in total. The zero-order valence-electron chi connectivity index (χ0n) is 12.6. The van der Waals surface area contributed by atoms with Gasteiger partial charge in [-0.3, -0.25) is 4.79 Å². The molecule has 0 unspecified atom stereocenters. The molecular formula is C15H23N3O3. The Kier molecular flexibility index (Phi) is 7.08. The number of unbranched alkanes of at least 4 members (excludes halogenated alkanes) is 1. The van der Waals surface area contributed by atoms with Gasteiger partial charge in [0.15, 0.2) is 12.4 Å². The molecule has 0 aliphatic rings. The number of benzene rings is 1. The summed E-state index contributed by atoms with van der Waals surface area (Å²) in [5, 5.41) is 11.7. The highest BCUT2D eigenvalue weighted by Crippen LogP contribution is 2.17. The van der Waals surface area contributed by atoms with Crippen LogP contribution >= 0.6 is 0 Å². The lowest BCUT2D eigenvalue weighted by Crippen LogP contribution is -2.35. The minimum absolute atomic E-state index is 0.0450. The largest absolute Gasteiger partial charge is 0.483 e. The summed E-state index contributed by atoms with van der Waals surface area (Å²) >= 11 is 0. The normalized spacial score (nSPS) is 11.2. The van der Waals surface area contributed by atoms with Crippen molar-refractivity contribution in [3.63, 3.8) is 0 Å². The number of ether oxygens (including phenoxy) is 1. The SMILES string of the molecule is CCCCN(CC)C(=O)COc1ccccc1/C(N)=N/O. The van der Waals surface area contributed by atoms with Crippen LogP contribution in [0.25, 0.3) is 0 Å². The molecule has 0 aromatic heterocycles. The maximum absolute atomic E-state index is 12.1. The van der Waals surface area contributed by atoms with Gasteiger partial charge >= 0.3 is 0 Å². The predicted octanol–water partition coefficient (Wildman–Crippen LogP) is 1.81. The Labute approximate surface area is 125 Å².